The minimum absolute atomic E-state index is 0.106. The summed E-state index contributed by atoms with van der Waals surface area (Å²) in [6, 6.07) is 11.0. The molecule has 3 heterocycles. The predicted octanol–water partition coefficient (Wildman–Crippen LogP) is 4.80. The molecule has 4 aromatic rings. The Morgan fingerprint density at radius 2 is 2.20 bits per heavy atom. The van der Waals surface area contributed by atoms with Crippen molar-refractivity contribution in [1.82, 2.24) is 14.8 Å². The molecule has 1 unspecified atom stereocenters. The van der Waals surface area contributed by atoms with Gasteiger partial charge in [0.15, 0.2) is 17.7 Å². The van der Waals surface area contributed by atoms with Gasteiger partial charge in [-0.15, -0.1) is 0 Å². The third-order valence-electron chi connectivity index (χ3n) is 6.80. The number of carbonyl (C=O) groups is 1. The Balaban J connectivity index is 1.89. The molecule has 0 bridgehead atoms. The molecular weight excluding hydrogens is 451 g/mol. The maximum Gasteiger partial charge on any atom is 0.332 e. The number of methoxy groups -OCH3 is 1. The van der Waals surface area contributed by atoms with E-state index in [0.29, 0.717) is 12.1 Å². The standard InChI is InChI=1S/C26H25FN4O4/c1-26(2,6-7-28)24-23(15-9-22(25(32)33)35-13-15)17-11-19-14(12-29-30-19)8-20(17)31(24)16-4-5-18(27)21(10-16)34-3/h4-5,8,10-12,15,22H,6,9,13H2,1-3H3,(H,29,30)(H,32,33)/t15?,22-/m0/s1. The summed E-state index contributed by atoms with van der Waals surface area (Å²) >= 11 is 0. The van der Waals surface area contributed by atoms with E-state index in [-0.39, 0.29) is 24.7 Å². The first-order chi connectivity index (χ1) is 16.7. The molecule has 0 radical (unpaired) electrons. The second-order valence-electron chi connectivity index (χ2n) is 9.55. The third-order valence-corrected chi connectivity index (χ3v) is 6.80. The van der Waals surface area contributed by atoms with Gasteiger partial charge in [0.25, 0.3) is 0 Å². The van der Waals surface area contributed by atoms with E-state index in [1.54, 1.807) is 18.3 Å². The fourth-order valence-corrected chi connectivity index (χ4v) is 5.17. The monoisotopic (exact) mass is 476 g/mol. The number of H-pyrrole nitrogens is 1. The number of aromatic nitrogens is 3. The molecule has 0 aliphatic carbocycles. The lowest BCUT2D eigenvalue weighted by Gasteiger charge is -2.28. The van der Waals surface area contributed by atoms with E-state index in [9.17, 15) is 19.6 Å². The van der Waals surface area contributed by atoms with Crippen LogP contribution in [0.15, 0.2) is 36.5 Å². The van der Waals surface area contributed by atoms with Crippen LogP contribution in [0.5, 0.6) is 5.75 Å². The van der Waals surface area contributed by atoms with Crippen molar-refractivity contribution < 1.29 is 23.8 Å². The Hall–Kier alpha value is -3.90. The van der Waals surface area contributed by atoms with E-state index in [2.05, 4.69) is 16.3 Å². The van der Waals surface area contributed by atoms with Gasteiger partial charge in [-0.05, 0) is 36.2 Å². The topological polar surface area (TPSA) is 113 Å². The lowest BCUT2D eigenvalue weighted by Crippen LogP contribution is -2.24. The van der Waals surface area contributed by atoms with Crippen molar-refractivity contribution in [2.75, 3.05) is 13.7 Å². The highest BCUT2D eigenvalue weighted by Gasteiger charge is 2.39. The molecule has 2 N–H and O–H groups in total. The van der Waals surface area contributed by atoms with E-state index >= 15 is 0 Å². The van der Waals surface area contributed by atoms with Crippen LogP contribution in [-0.4, -0.2) is 45.7 Å². The number of nitrogens with one attached hydrogen (secondary N) is 1. The molecular formula is C26H25FN4O4. The highest BCUT2D eigenvalue weighted by Crippen LogP contribution is 2.46. The van der Waals surface area contributed by atoms with Gasteiger partial charge in [0.1, 0.15) is 0 Å². The van der Waals surface area contributed by atoms with Crippen LogP contribution in [0, 0.1) is 17.1 Å². The minimum atomic E-state index is -0.992. The Morgan fingerprint density at radius 1 is 1.40 bits per heavy atom. The summed E-state index contributed by atoms with van der Waals surface area (Å²) < 4.78 is 27.3. The molecule has 2 aromatic heterocycles. The maximum atomic E-state index is 14.3. The normalized spacial score (nSPS) is 18.3. The molecule has 0 spiro atoms. The highest BCUT2D eigenvalue weighted by molar-refractivity contribution is 5.99. The average Bonchev–Trinajstić information content (AvgIpc) is 3.54. The molecule has 1 aliphatic rings. The van der Waals surface area contributed by atoms with Crippen LogP contribution in [0.2, 0.25) is 0 Å². The minimum Gasteiger partial charge on any atom is -0.494 e. The summed E-state index contributed by atoms with van der Waals surface area (Å²) in [6.45, 7) is 4.23. The fraction of sp³-hybridized carbons (Fsp3) is 0.346. The van der Waals surface area contributed by atoms with Crippen LogP contribution in [0.25, 0.3) is 27.5 Å². The fourth-order valence-electron chi connectivity index (χ4n) is 5.17. The van der Waals surface area contributed by atoms with Crippen molar-refractivity contribution in [3.63, 3.8) is 0 Å². The van der Waals surface area contributed by atoms with Gasteiger partial charge < -0.3 is 19.1 Å². The highest BCUT2D eigenvalue weighted by atomic mass is 19.1. The van der Waals surface area contributed by atoms with E-state index in [1.165, 1.54) is 13.2 Å². The van der Waals surface area contributed by atoms with Gasteiger partial charge in [-0.1, -0.05) is 13.8 Å². The molecule has 180 valence electrons. The van der Waals surface area contributed by atoms with Crippen LogP contribution in [-0.2, 0) is 14.9 Å². The Morgan fingerprint density at radius 3 is 2.89 bits per heavy atom. The van der Waals surface area contributed by atoms with Gasteiger partial charge in [0.05, 0.1) is 37.0 Å². The van der Waals surface area contributed by atoms with Crippen LogP contribution >= 0.6 is 0 Å². The number of aliphatic carboxylic acids is 1. The van der Waals surface area contributed by atoms with Crippen LogP contribution in [0.3, 0.4) is 0 Å². The first-order valence-electron chi connectivity index (χ1n) is 11.3. The zero-order chi connectivity index (χ0) is 24.9. The number of carboxylic acid groups (broad SMARTS) is 1. The zero-order valence-corrected chi connectivity index (χ0v) is 19.6. The summed E-state index contributed by atoms with van der Waals surface area (Å²) in [5.74, 6) is -1.56. The number of hydrogen-bond donors (Lipinski definition) is 2. The molecule has 8 nitrogen and oxygen atoms in total. The molecule has 1 saturated heterocycles. The van der Waals surface area contributed by atoms with Crippen LogP contribution < -0.4 is 4.74 Å². The van der Waals surface area contributed by atoms with Crippen molar-refractivity contribution in [1.29, 1.82) is 5.26 Å². The van der Waals surface area contributed by atoms with Gasteiger partial charge in [-0.3, -0.25) is 5.10 Å². The number of halogens is 1. The second kappa shape index (κ2) is 8.40. The van der Waals surface area contributed by atoms with E-state index in [4.69, 9.17) is 9.47 Å². The molecule has 5 rings (SSSR count). The smallest absolute Gasteiger partial charge is 0.332 e. The number of ether oxygens (including phenoxy) is 2. The van der Waals surface area contributed by atoms with Crippen molar-refractivity contribution in [3.05, 3.63) is 53.6 Å². The van der Waals surface area contributed by atoms with Gasteiger partial charge in [0, 0.05) is 46.0 Å². The van der Waals surface area contributed by atoms with Crippen molar-refractivity contribution in [3.8, 4) is 17.5 Å². The van der Waals surface area contributed by atoms with Gasteiger partial charge in [-0.2, -0.15) is 10.4 Å². The zero-order valence-electron chi connectivity index (χ0n) is 19.6. The SMILES string of the molecule is COc1cc(-n2c(C(C)(C)CC#N)c(C3CO[C@H](C(=O)O)C3)c3cc4[nH]ncc4cc32)ccc1F. The summed E-state index contributed by atoms with van der Waals surface area (Å²) in [5, 5.41) is 28.2. The van der Waals surface area contributed by atoms with Crippen LogP contribution in [0.1, 0.15) is 43.9 Å². The number of hydrogen-bond acceptors (Lipinski definition) is 5. The summed E-state index contributed by atoms with van der Waals surface area (Å²) in [5.41, 5.74) is 3.55. The predicted molar refractivity (Wildman–Crippen MR) is 127 cm³/mol. The lowest BCUT2D eigenvalue weighted by molar-refractivity contribution is -0.147. The summed E-state index contributed by atoms with van der Waals surface area (Å²) in [4.78, 5) is 11.7. The van der Waals surface area contributed by atoms with E-state index < -0.39 is 23.3 Å². The molecule has 1 aliphatic heterocycles. The first kappa shape index (κ1) is 22.9. The summed E-state index contributed by atoms with van der Waals surface area (Å²) in [7, 11) is 1.42. The number of nitriles is 1. The van der Waals surface area contributed by atoms with Gasteiger partial charge in [0.2, 0.25) is 0 Å². The number of carboxylic acids is 1. The van der Waals surface area contributed by atoms with Crippen molar-refractivity contribution >= 4 is 27.8 Å². The maximum absolute atomic E-state index is 14.3. The molecule has 2 aromatic carbocycles. The molecule has 35 heavy (non-hydrogen) atoms. The van der Waals surface area contributed by atoms with Gasteiger partial charge >= 0.3 is 5.97 Å². The van der Waals surface area contributed by atoms with E-state index in [0.717, 1.165) is 33.1 Å². The first-order valence-corrected chi connectivity index (χ1v) is 11.3. The molecule has 2 atom stereocenters. The molecule has 9 heteroatoms. The second-order valence-corrected chi connectivity index (χ2v) is 9.55. The van der Waals surface area contributed by atoms with Crippen molar-refractivity contribution in [2.45, 2.75) is 44.1 Å². The average molecular weight is 477 g/mol. The van der Waals surface area contributed by atoms with Gasteiger partial charge in [-0.25, -0.2) is 9.18 Å². The largest absolute Gasteiger partial charge is 0.494 e. The van der Waals surface area contributed by atoms with E-state index in [1.807, 2.05) is 30.5 Å². The number of rotatable bonds is 6. The summed E-state index contributed by atoms with van der Waals surface area (Å²) in [6.07, 6.45) is 1.38. The van der Waals surface area contributed by atoms with Crippen LogP contribution in [0.4, 0.5) is 4.39 Å². The number of benzene rings is 2. The molecule has 0 saturated carbocycles. The quantitative estimate of drug-likeness (QED) is 0.413. The Kier molecular flexibility index (Phi) is 5.49. The lowest BCUT2D eigenvalue weighted by atomic mass is 9.79. The third kappa shape index (κ3) is 3.70. The number of fused-ring (bicyclic) bond motifs is 2. The number of aromatic amines is 1. The van der Waals surface area contributed by atoms with Crippen molar-refractivity contribution in [2.24, 2.45) is 0 Å². The Labute approximate surface area is 200 Å². The molecule has 1 fully saturated rings. The number of nitrogens with zero attached hydrogens (tertiary/aromatic N) is 3. The molecule has 0 amide bonds. The Bertz CT molecular complexity index is 1500.